The summed E-state index contributed by atoms with van der Waals surface area (Å²) < 4.78 is 0. The molecule has 1 aromatic heterocycles. The first-order valence-electron chi connectivity index (χ1n) is 4.92. The van der Waals surface area contributed by atoms with Gasteiger partial charge in [0.05, 0.1) is 0 Å². The van der Waals surface area contributed by atoms with E-state index in [1.165, 1.54) is 6.07 Å². The second-order valence-corrected chi connectivity index (χ2v) is 3.91. The van der Waals surface area contributed by atoms with Crippen molar-refractivity contribution in [3.8, 4) is 11.4 Å². The molecule has 0 spiro atoms. The monoisotopic (exact) mass is 248 g/mol. The van der Waals surface area contributed by atoms with Crippen LogP contribution in [0.2, 0.25) is 5.15 Å². The van der Waals surface area contributed by atoms with E-state index in [1.54, 1.807) is 0 Å². The highest BCUT2D eigenvalue weighted by molar-refractivity contribution is 6.29. The summed E-state index contributed by atoms with van der Waals surface area (Å²) in [6.45, 7) is 1.90. The highest BCUT2D eigenvalue weighted by Gasteiger charge is 2.11. The highest BCUT2D eigenvalue weighted by atomic mass is 35.5. The number of carboxylic acids is 1. The lowest BCUT2D eigenvalue weighted by Gasteiger charge is -2.05. The predicted octanol–water partition coefficient (Wildman–Crippen LogP) is 2.80. The van der Waals surface area contributed by atoms with Crippen LogP contribution in [0.25, 0.3) is 11.4 Å². The lowest BCUT2D eigenvalue weighted by Crippen LogP contribution is -2.03. The van der Waals surface area contributed by atoms with E-state index >= 15 is 0 Å². The van der Waals surface area contributed by atoms with Gasteiger partial charge >= 0.3 is 5.97 Å². The first-order chi connectivity index (χ1) is 8.08. The lowest BCUT2D eigenvalue weighted by molar-refractivity contribution is 0.0690. The Balaban J connectivity index is 2.60. The summed E-state index contributed by atoms with van der Waals surface area (Å²) in [5, 5.41) is 9.02. The molecule has 0 aliphatic heterocycles. The zero-order chi connectivity index (χ0) is 12.4. The Bertz CT molecular complexity index is 584. The van der Waals surface area contributed by atoms with E-state index in [0.29, 0.717) is 5.82 Å². The number of rotatable bonds is 2. The summed E-state index contributed by atoms with van der Waals surface area (Å²) >= 11 is 5.78. The zero-order valence-electron chi connectivity index (χ0n) is 9.01. The molecule has 0 unspecified atom stereocenters. The molecule has 17 heavy (non-hydrogen) atoms. The fourth-order valence-electron chi connectivity index (χ4n) is 1.47. The van der Waals surface area contributed by atoms with Crippen LogP contribution in [0.3, 0.4) is 0 Å². The van der Waals surface area contributed by atoms with Crippen molar-refractivity contribution in [2.45, 2.75) is 6.92 Å². The summed E-state index contributed by atoms with van der Waals surface area (Å²) in [6, 6.07) is 8.69. The average molecular weight is 249 g/mol. The molecule has 1 N–H and O–H groups in total. The van der Waals surface area contributed by atoms with Crippen molar-refractivity contribution in [3.05, 3.63) is 46.7 Å². The number of aryl methyl sites for hydroxylation is 1. The van der Waals surface area contributed by atoms with Crippen LogP contribution in [0.4, 0.5) is 0 Å². The second kappa shape index (κ2) is 4.51. The van der Waals surface area contributed by atoms with E-state index in [9.17, 15) is 4.79 Å². The van der Waals surface area contributed by atoms with Gasteiger partial charge in [-0.3, -0.25) is 0 Å². The van der Waals surface area contributed by atoms with Crippen LogP contribution in [0.15, 0.2) is 30.3 Å². The van der Waals surface area contributed by atoms with Crippen LogP contribution in [-0.2, 0) is 0 Å². The number of benzene rings is 1. The van der Waals surface area contributed by atoms with Gasteiger partial charge in [-0.25, -0.2) is 14.8 Å². The largest absolute Gasteiger partial charge is 0.477 e. The molecule has 0 bridgehead atoms. The number of carbonyl (C=O) groups is 1. The molecule has 0 saturated heterocycles. The van der Waals surface area contributed by atoms with Crippen molar-refractivity contribution < 1.29 is 9.90 Å². The minimum absolute atomic E-state index is 0.108. The predicted molar refractivity (Wildman–Crippen MR) is 64.2 cm³/mol. The minimum atomic E-state index is -1.12. The molecular weight excluding hydrogens is 240 g/mol. The van der Waals surface area contributed by atoms with Gasteiger partial charge in [0.15, 0.2) is 11.5 Å². The molecule has 0 fully saturated rings. The molecule has 0 amide bonds. The van der Waals surface area contributed by atoms with Gasteiger partial charge < -0.3 is 5.11 Å². The summed E-state index contributed by atoms with van der Waals surface area (Å²) in [7, 11) is 0. The normalized spacial score (nSPS) is 10.2. The molecule has 2 aromatic rings. The summed E-state index contributed by atoms with van der Waals surface area (Å²) in [6.07, 6.45) is 0. The highest BCUT2D eigenvalue weighted by Crippen LogP contribution is 2.21. The van der Waals surface area contributed by atoms with Crippen LogP contribution in [0.5, 0.6) is 0 Å². The maximum absolute atomic E-state index is 10.9. The van der Waals surface area contributed by atoms with E-state index in [1.807, 2.05) is 31.2 Å². The molecule has 0 saturated carbocycles. The van der Waals surface area contributed by atoms with Crippen LogP contribution in [0.1, 0.15) is 16.1 Å². The van der Waals surface area contributed by atoms with Crippen molar-refractivity contribution in [3.63, 3.8) is 0 Å². The van der Waals surface area contributed by atoms with Gasteiger partial charge in [0.1, 0.15) is 5.15 Å². The van der Waals surface area contributed by atoms with Crippen molar-refractivity contribution in [1.82, 2.24) is 9.97 Å². The molecule has 0 radical (unpaired) electrons. The van der Waals surface area contributed by atoms with Crippen molar-refractivity contribution in [1.29, 1.82) is 0 Å². The van der Waals surface area contributed by atoms with Crippen LogP contribution in [0, 0.1) is 6.92 Å². The molecule has 0 aliphatic rings. The van der Waals surface area contributed by atoms with E-state index < -0.39 is 5.97 Å². The Morgan fingerprint density at radius 2 is 2.00 bits per heavy atom. The third-order valence-electron chi connectivity index (χ3n) is 2.30. The summed E-state index contributed by atoms with van der Waals surface area (Å²) in [4.78, 5) is 18.9. The third-order valence-corrected chi connectivity index (χ3v) is 2.49. The summed E-state index contributed by atoms with van der Waals surface area (Å²) in [5.41, 5.74) is 1.63. The van der Waals surface area contributed by atoms with E-state index in [4.69, 9.17) is 16.7 Å². The Morgan fingerprint density at radius 3 is 2.65 bits per heavy atom. The summed E-state index contributed by atoms with van der Waals surface area (Å²) in [5.74, 6) is -0.794. The van der Waals surface area contributed by atoms with Crippen LogP contribution < -0.4 is 0 Å². The molecular formula is C12H9ClN2O2. The van der Waals surface area contributed by atoms with Gasteiger partial charge in [0, 0.05) is 11.6 Å². The first-order valence-corrected chi connectivity index (χ1v) is 5.29. The average Bonchev–Trinajstić information content (AvgIpc) is 2.28. The number of aromatic nitrogens is 2. The van der Waals surface area contributed by atoms with Gasteiger partial charge in [-0.15, -0.1) is 0 Å². The van der Waals surface area contributed by atoms with Gasteiger partial charge in [-0.2, -0.15) is 0 Å². The molecule has 1 aromatic carbocycles. The first kappa shape index (κ1) is 11.5. The van der Waals surface area contributed by atoms with Crippen molar-refractivity contribution in [2.24, 2.45) is 0 Å². The van der Waals surface area contributed by atoms with Gasteiger partial charge in [-0.1, -0.05) is 35.9 Å². The number of aromatic carboxylic acids is 1. The number of nitrogens with zero attached hydrogens (tertiary/aromatic N) is 2. The standard InChI is InChI=1S/C12H9ClN2O2/c1-7-4-2-3-5-8(7)11-14-9(12(16)17)6-10(13)15-11/h2-6H,1H3,(H,16,17). The molecule has 5 heteroatoms. The minimum Gasteiger partial charge on any atom is -0.477 e. The Morgan fingerprint density at radius 1 is 1.29 bits per heavy atom. The number of halogens is 1. The molecule has 0 aliphatic carbocycles. The Labute approximate surface area is 103 Å². The van der Waals surface area contributed by atoms with Crippen molar-refractivity contribution in [2.75, 3.05) is 0 Å². The van der Waals surface area contributed by atoms with E-state index in [-0.39, 0.29) is 10.8 Å². The molecule has 0 atom stereocenters. The van der Waals surface area contributed by atoms with Crippen molar-refractivity contribution >= 4 is 17.6 Å². The lowest BCUT2D eigenvalue weighted by atomic mass is 10.1. The maximum atomic E-state index is 10.9. The van der Waals surface area contributed by atoms with Crippen LogP contribution >= 0.6 is 11.6 Å². The molecule has 2 rings (SSSR count). The zero-order valence-corrected chi connectivity index (χ0v) is 9.77. The third kappa shape index (κ3) is 2.42. The van der Waals surface area contributed by atoms with Gasteiger partial charge in [-0.05, 0) is 12.5 Å². The van der Waals surface area contributed by atoms with Gasteiger partial charge in [0.25, 0.3) is 0 Å². The Hall–Kier alpha value is -1.94. The Kier molecular flexibility index (Phi) is 3.06. The molecule has 4 nitrogen and oxygen atoms in total. The number of hydrogen-bond acceptors (Lipinski definition) is 3. The quantitative estimate of drug-likeness (QED) is 0.830. The number of hydrogen-bond donors (Lipinski definition) is 1. The van der Waals surface area contributed by atoms with E-state index in [2.05, 4.69) is 9.97 Å². The molecule has 86 valence electrons. The fourth-order valence-corrected chi connectivity index (χ4v) is 1.65. The molecule has 1 heterocycles. The fraction of sp³-hybridized carbons (Fsp3) is 0.0833. The van der Waals surface area contributed by atoms with Crippen LogP contribution in [-0.4, -0.2) is 21.0 Å². The van der Waals surface area contributed by atoms with Gasteiger partial charge in [0.2, 0.25) is 0 Å². The second-order valence-electron chi connectivity index (χ2n) is 3.52. The maximum Gasteiger partial charge on any atom is 0.354 e. The number of carboxylic acid groups (broad SMARTS) is 1. The smallest absolute Gasteiger partial charge is 0.354 e. The SMILES string of the molecule is Cc1ccccc1-c1nc(Cl)cc(C(=O)O)n1. The topological polar surface area (TPSA) is 63.1 Å². The van der Waals surface area contributed by atoms with E-state index in [0.717, 1.165) is 11.1 Å².